The predicted molar refractivity (Wildman–Crippen MR) is 97.3 cm³/mol. The van der Waals surface area contributed by atoms with E-state index in [0.717, 1.165) is 5.69 Å². The van der Waals surface area contributed by atoms with Gasteiger partial charge in [-0.25, -0.2) is 4.39 Å². The molecule has 0 fully saturated rings. The molecule has 23 heavy (non-hydrogen) atoms. The van der Waals surface area contributed by atoms with E-state index in [2.05, 4.69) is 35.8 Å². The van der Waals surface area contributed by atoms with Crippen LogP contribution in [-0.4, -0.2) is 5.11 Å². The van der Waals surface area contributed by atoms with Crippen molar-refractivity contribution in [3.63, 3.8) is 0 Å². The zero-order chi connectivity index (χ0) is 16.2. The van der Waals surface area contributed by atoms with Crippen molar-refractivity contribution in [1.29, 1.82) is 0 Å². The molecule has 0 saturated carbocycles. The standard InChI is InChI=1S/C19H21FN2S/c1-13(15-7-6-14-4-2-3-5-16(14)12-15)21-19(23)22-18-10-8-17(20)9-11-18/h6-13H,2-5H2,1H3,(H2,21,22,23)/t13-/m0/s1. The van der Waals surface area contributed by atoms with Gasteiger partial charge in [-0.05, 0) is 85.8 Å². The van der Waals surface area contributed by atoms with Gasteiger partial charge in [0.15, 0.2) is 5.11 Å². The predicted octanol–water partition coefficient (Wildman–Crippen LogP) is 4.75. The molecule has 0 aliphatic heterocycles. The molecule has 2 N–H and O–H groups in total. The van der Waals surface area contributed by atoms with Crippen molar-refractivity contribution in [2.45, 2.75) is 38.6 Å². The Balaban J connectivity index is 1.63. The van der Waals surface area contributed by atoms with Crippen LogP contribution in [-0.2, 0) is 12.8 Å². The first-order valence-corrected chi connectivity index (χ1v) is 8.47. The van der Waals surface area contributed by atoms with Crippen LogP contribution in [0.3, 0.4) is 0 Å². The fraction of sp³-hybridized carbons (Fsp3) is 0.316. The summed E-state index contributed by atoms with van der Waals surface area (Å²) in [5, 5.41) is 6.92. The summed E-state index contributed by atoms with van der Waals surface area (Å²) in [6, 6.07) is 13.0. The Kier molecular flexibility index (Phi) is 4.91. The van der Waals surface area contributed by atoms with Crippen LogP contribution < -0.4 is 10.6 Å². The molecular weight excluding hydrogens is 307 g/mol. The van der Waals surface area contributed by atoms with Gasteiger partial charge in [-0.1, -0.05) is 18.2 Å². The number of thiocarbonyl (C=S) groups is 1. The molecule has 2 nitrogen and oxygen atoms in total. The highest BCUT2D eigenvalue weighted by Gasteiger charge is 2.13. The van der Waals surface area contributed by atoms with Crippen molar-refractivity contribution < 1.29 is 4.39 Å². The first kappa shape index (κ1) is 15.9. The largest absolute Gasteiger partial charge is 0.356 e. The summed E-state index contributed by atoms with van der Waals surface area (Å²) in [7, 11) is 0. The molecule has 3 rings (SSSR count). The normalized spacial score (nSPS) is 14.7. The van der Waals surface area contributed by atoms with Crippen LogP contribution in [0.25, 0.3) is 0 Å². The molecule has 2 aromatic rings. The Morgan fingerprint density at radius 1 is 1.04 bits per heavy atom. The molecule has 1 aliphatic rings. The molecule has 0 amide bonds. The number of benzene rings is 2. The minimum Gasteiger partial charge on any atom is -0.356 e. The third-order valence-electron chi connectivity index (χ3n) is 4.32. The highest BCUT2D eigenvalue weighted by molar-refractivity contribution is 7.80. The lowest BCUT2D eigenvalue weighted by Gasteiger charge is -2.21. The van der Waals surface area contributed by atoms with E-state index in [-0.39, 0.29) is 11.9 Å². The monoisotopic (exact) mass is 328 g/mol. The van der Waals surface area contributed by atoms with Gasteiger partial charge in [0.05, 0.1) is 6.04 Å². The number of halogens is 1. The summed E-state index contributed by atoms with van der Waals surface area (Å²) in [4.78, 5) is 0. The van der Waals surface area contributed by atoms with Crippen molar-refractivity contribution >= 4 is 23.0 Å². The Morgan fingerprint density at radius 2 is 1.74 bits per heavy atom. The topological polar surface area (TPSA) is 24.1 Å². The summed E-state index contributed by atoms with van der Waals surface area (Å²) in [6.07, 6.45) is 4.95. The number of fused-ring (bicyclic) bond motifs is 1. The molecular formula is C19H21FN2S. The third kappa shape index (κ3) is 4.08. The minimum atomic E-state index is -0.253. The lowest BCUT2D eigenvalue weighted by atomic mass is 9.89. The lowest BCUT2D eigenvalue weighted by Crippen LogP contribution is -2.31. The molecule has 0 unspecified atom stereocenters. The van der Waals surface area contributed by atoms with Crippen LogP contribution in [0.15, 0.2) is 42.5 Å². The summed E-state index contributed by atoms with van der Waals surface area (Å²) < 4.78 is 12.9. The van der Waals surface area contributed by atoms with E-state index in [9.17, 15) is 4.39 Å². The van der Waals surface area contributed by atoms with Crippen molar-refractivity contribution in [3.8, 4) is 0 Å². The molecule has 2 aromatic carbocycles. The van der Waals surface area contributed by atoms with E-state index in [1.54, 1.807) is 12.1 Å². The van der Waals surface area contributed by atoms with Crippen LogP contribution in [0, 0.1) is 5.82 Å². The van der Waals surface area contributed by atoms with Gasteiger partial charge in [0.1, 0.15) is 5.82 Å². The fourth-order valence-electron chi connectivity index (χ4n) is 3.00. The molecule has 0 bridgehead atoms. The van der Waals surface area contributed by atoms with Crippen molar-refractivity contribution in [2.75, 3.05) is 5.32 Å². The molecule has 0 saturated heterocycles. The highest BCUT2D eigenvalue weighted by Crippen LogP contribution is 2.24. The first-order valence-electron chi connectivity index (χ1n) is 8.06. The molecule has 0 radical (unpaired) electrons. The van der Waals surface area contributed by atoms with E-state index in [1.165, 1.54) is 54.5 Å². The summed E-state index contributed by atoms with van der Waals surface area (Å²) >= 11 is 5.35. The summed E-state index contributed by atoms with van der Waals surface area (Å²) in [5.74, 6) is -0.253. The Bertz CT molecular complexity index is 697. The zero-order valence-electron chi connectivity index (χ0n) is 13.2. The number of anilines is 1. The second kappa shape index (κ2) is 7.09. The number of aryl methyl sites for hydroxylation is 2. The molecule has 1 atom stereocenters. The van der Waals surface area contributed by atoms with Crippen molar-refractivity contribution in [3.05, 3.63) is 65.0 Å². The Labute approximate surface area is 142 Å². The van der Waals surface area contributed by atoms with Gasteiger partial charge >= 0.3 is 0 Å². The molecule has 0 spiro atoms. The highest BCUT2D eigenvalue weighted by atomic mass is 32.1. The molecule has 0 aromatic heterocycles. The Morgan fingerprint density at radius 3 is 2.48 bits per heavy atom. The van der Waals surface area contributed by atoms with Gasteiger partial charge in [0.25, 0.3) is 0 Å². The molecule has 120 valence electrons. The van der Waals surface area contributed by atoms with Crippen molar-refractivity contribution in [1.82, 2.24) is 5.32 Å². The summed E-state index contributed by atoms with van der Waals surface area (Å²) in [5.41, 5.74) is 4.98. The Hall–Kier alpha value is -1.94. The van der Waals surface area contributed by atoms with Gasteiger partial charge in [0, 0.05) is 5.69 Å². The van der Waals surface area contributed by atoms with E-state index in [0.29, 0.717) is 5.11 Å². The van der Waals surface area contributed by atoms with Gasteiger partial charge in [-0.15, -0.1) is 0 Å². The van der Waals surface area contributed by atoms with Gasteiger partial charge in [-0.3, -0.25) is 0 Å². The first-order chi connectivity index (χ1) is 11.1. The van der Waals surface area contributed by atoms with E-state index >= 15 is 0 Å². The van der Waals surface area contributed by atoms with Crippen LogP contribution >= 0.6 is 12.2 Å². The maximum Gasteiger partial charge on any atom is 0.171 e. The third-order valence-corrected chi connectivity index (χ3v) is 4.54. The average Bonchev–Trinajstić information content (AvgIpc) is 2.56. The van der Waals surface area contributed by atoms with Gasteiger partial charge < -0.3 is 10.6 Å². The van der Waals surface area contributed by atoms with Crippen LogP contribution in [0.2, 0.25) is 0 Å². The van der Waals surface area contributed by atoms with E-state index < -0.39 is 0 Å². The SMILES string of the molecule is C[C@H](NC(=S)Nc1ccc(F)cc1)c1ccc2c(c1)CCCC2. The zero-order valence-corrected chi connectivity index (χ0v) is 14.0. The minimum absolute atomic E-state index is 0.127. The number of nitrogens with one attached hydrogen (secondary N) is 2. The van der Waals surface area contributed by atoms with Gasteiger partial charge in [0.2, 0.25) is 0 Å². The second-order valence-corrected chi connectivity index (χ2v) is 6.47. The lowest BCUT2D eigenvalue weighted by molar-refractivity contribution is 0.628. The fourth-order valence-corrected chi connectivity index (χ4v) is 3.30. The summed E-state index contributed by atoms with van der Waals surface area (Å²) in [6.45, 7) is 2.10. The second-order valence-electron chi connectivity index (χ2n) is 6.06. The quantitative estimate of drug-likeness (QED) is 0.795. The molecule has 0 heterocycles. The van der Waals surface area contributed by atoms with Crippen LogP contribution in [0.4, 0.5) is 10.1 Å². The number of hydrogen-bond donors (Lipinski definition) is 2. The maximum absolute atomic E-state index is 12.9. The van der Waals surface area contributed by atoms with E-state index in [1.807, 2.05) is 0 Å². The molecule has 4 heteroatoms. The van der Waals surface area contributed by atoms with Crippen LogP contribution in [0.5, 0.6) is 0 Å². The van der Waals surface area contributed by atoms with Gasteiger partial charge in [-0.2, -0.15) is 0 Å². The average molecular weight is 328 g/mol. The number of rotatable bonds is 3. The maximum atomic E-state index is 12.9. The number of hydrogen-bond acceptors (Lipinski definition) is 1. The van der Waals surface area contributed by atoms with Crippen LogP contribution in [0.1, 0.15) is 42.5 Å². The molecule has 1 aliphatic carbocycles. The van der Waals surface area contributed by atoms with E-state index in [4.69, 9.17) is 12.2 Å². The smallest absolute Gasteiger partial charge is 0.171 e. The van der Waals surface area contributed by atoms with Crippen molar-refractivity contribution in [2.24, 2.45) is 0 Å².